The fourth-order valence-corrected chi connectivity index (χ4v) is 4.18. The zero-order valence-electron chi connectivity index (χ0n) is 14.6. The lowest BCUT2D eigenvalue weighted by Crippen LogP contribution is -2.41. The summed E-state index contributed by atoms with van der Waals surface area (Å²) in [6.45, 7) is 5.39. The van der Waals surface area contributed by atoms with Gasteiger partial charge in [-0.15, -0.1) is 0 Å². The van der Waals surface area contributed by atoms with Crippen molar-refractivity contribution in [1.29, 1.82) is 0 Å². The molecule has 0 bridgehead atoms. The van der Waals surface area contributed by atoms with Gasteiger partial charge in [-0.05, 0) is 50.1 Å². The van der Waals surface area contributed by atoms with Crippen LogP contribution in [0.4, 0.5) is 0 Å². The zero-order valence-corrected chi connectivity index (χ0v) is 15.4. The molecule has 130 valence electrons. The quantitative estimate of drug-likeness (QED) is 0.870. The van der Waals surface area contributed by atoms with Gasteiger partial charge < -0.3 is 9.47 Å². The van der Waals surface area contributed by atoms with Gasteiger partial charge in [0.15, 0.2) is 11.5 Å². The molecule has 0 aliphatic rings. The standard InChI is InChI=1S/C18H23NO4S/c1-13-8-6-7-9-17(13)24(20,21)19-18(2,3)14-10-11-15(22-4)16(12-14)23-5/h6-12,19H,1-5H3. The van der Waals surface area contributed by atoms with Gasteiger partial charge in [0.2, 0.25) is 10.0 Å². The van der Waals surface area contributed by atoms with Gasteiger partial charge >= 0.3 is 0 Å². The van der Waals surface area contributed by atoms with E-state index in [1.165, 1.54) is 0 Å². The Hall–Kier alpha value is -2.05. The van der Waals surface area contributed by atoms with Crippen LogP contribution in [0.5, 0.6) is 11.5 Å². The molecule has 0 saturated heterocycles. The minimum atomic E-state index is -3.65. The fourth-order valence-electron chi connectivity index (χ4n) is 2.53. The molecule has 2 aromatic carbocycles. The molecule has 0 aromatic heterocycles. The third-order valence-corrected chi connectivity index (χ3v) is 5.69. The Balaban J connectivity index is 2.39. The van der Waals surface area contributed by atoms with Gasteiger partial charge in [0.1, 0.15) is 0 Å². The van der Waals surface area contributed by atoms with E-state index in [1.807, 2.05) is 26.0 Å². The molecule has 2 rings (SSSR count). The van der Waals surface area contributed by atoms with Gasteiger partial charge in [-0.25, -0.2) is 13.1 Å². The second-order valence-electron chi connectivity index (χ2n) is 6.07. The van der Waals surface area contributed by atoms with Crippen LogP contribution in [0.2, 0.25) is 0 Å². The monoisotopic (exact) mass is 349 g/mol. The molecule has 24 heavy (non-hydrogen) atoms. The lowest BCUT2D eigenvalue weighted by atomic mass is 9.95. The number of methoxy groups -OCH3 is 2. The van der Waals surface area contributed by atoms with Crippen molar-refractivity contribution in [3.8, 4) is 11.5 Å². The zero-order chi connectivity index (χ0) is 18.0. The number of aryl methyl sites for hydroxylation is 1. The smallest absolute Gasteiger partial charge is 0.241 e. The largest absolute Gasteiger partial charge is 0.493 e. The lowest BCUT2D eigenvalue weighted by molar-refractivity contribution is 0.352. The van der Waals surface area contributed by atoms with Gasteiger partial charge in [-0.3, -0.25) is 0 Å². The third kappa shape index (κ3) is 3.71. The molecule has 5 nitrogen and oxygen atoms in total. The van der Waals surface area contributed by atoms with Crippen LogP contribution in [-0.2, 0) is 15.6 Å². The van der Waals surface area contributed by atoms with E-state index in [0.29, 0.717) is 17.1 Å². The van der Waals surface area contributed by atoms with E-state index in [2.05, 4.69) is 4.72 Å². The number of nitrogens with one attached hydrogen (secondary N) is 1. The van der Waals surface area contributed by atoms with E-state index in [4.69, 9.17) is 9.47 Å². The van der Waals surface area contributed by atoms with E-state index in [1.54, 1.807) is 51.5 Å². The maximum absolute atomic E-state index is 12.8. The summed E-state index contributed by atoms with van der Waals surface area (Å²) in [5.41, 5.74) is 0.658. The Bertz CT molecular complexity index is 829. The summed E-state index contributed by atoms with van der Waals surface area (Å²) >= 11 is 0. The number of sulfonamides is 1. The Kier molecular flexibility index (Phi) is 5.20. The maximum Gasteiger partial charge on any atom is 0.241 e. The van der Waals surface area contributed by atoms with Crippen LogP contribution in [0, 0.1) is 6.92 Å². The molecule has 0 spiro atoms. The Morgan fingerprint density at radius 3 is 2.17 bits per heavy atom. The molecule has 0 aliphatic carbocycles. The van der Waals surface area contributed by atoms with Gasteiger partial charge in [0.05, 0.1) is 24.7 Å². The summed E-state index contributed by atoms with van der Waals surface area (Å²) in [4.78, 5) is 0.276. The SMILES string of the molecule is COc1ccc(C(C)(C)NS(=O)(=O)c2ccccc2C)cc1OC. The van der Waals surface area contributed by atoms with E-state index in [-0.39, 0.29) is 4.90 Å². The first kappa shape index (κ1) is 18.3. The lowest BCUT2D eigenvalue weighted by Gasteiger charge is -2.27. The minimum absolute atomic E-state index is 0.276. The van der Waals surface area contributed by atoms with Crippen molar-refractivity contribution in [2.45, 2.75) is 31.2 Å². The van der Waals surface area contributed by atoms with Crippen molar-refractivity contribution < 1.29 is 17.9 Å². The first-order chi connectivity index (χ1) is 11.2. The molecular formula is C18H23NO4S. The Morgan fingerprint density at radius 2 is 1.58 bits per heavy atom. The highest BCUT2D eigenvalue weighted by molar-refractivity contribution is 7.89. The van der Waals surface area contributed by atoms with Gasteiger partial charge in [0.25, 0.3) is 0 Å². The molecule has 0 amide bonds. The van der Waals surface area contributed by atoms with Crippen molar-refractivity contribution in [1.82, 2.24) is 4.72 Å². The molecule has 0 atom stereocenters. The van der Waals surface area contributed by atoms with E-state index in [0.717, 1.165) is 5.56 Å². The second-order valence-corrected chi connectivity index (χ2v) is 7.72. The number of rotatable bonds is 6. The van der Waals surface area contributed by atoms with E-state index < -0.39 is 15.6 Å². The number of benzene rings is 2. The van der Waals surface area contributed by atoms with Crippen LogP contribution < -0.4 is 14.2 Å². The van der Waals surface area contributed by atoms with Crippen LogP contribution >= 0.6 is 0 Å². The maximum atomic E-state index is 12.8. The molecule has 2 aromatic rings. The van der Waals surface area contributed by atoms with Gasteiger partial charge in [0, 0.05) is 0 Å². The molecule has 0 fully saturated rings. The Labute approximate surface area is 143 Å². The fraction of sp³-hybridized carbons (Fsp3) is 0.333. The van der Waals surface area contributed by atoms with E-state index >= 15 is 0 Å². The molecular weight excluding hydrogens is 326 g/mol. The highest BCUT2D eigenvalue weighted by Gasteiger charge is 2.29. The second kappa shape index (κ2) is 6.83. The topological polar surface area (TPSA) is 64.6 Å². The van der Waals surface area contributed by atoms with Crippen molar-refractivity contribution in [3.63, 3.8) is 0 Å². The predicted molar refractivity (Wildman–Crippen MR) is 94.1 cm³/mol. The first-order valence-electron chi connectivity index (χ1n) is 7.53. The summed E-state index contributed by atoms with van der Waals surface area (Å²) in [6.07, 6.45) is 0. The van der Waals surface area contributed by atoms with Crippen LogP contribution in [-0.4, -0.2) is 22.6 Å². The summed E-state index contributed by atoms with van der Waals surface area (Å²) in [5.74, 6) is 1.15. The number of hydrogen-bond acceptors (Lipinski definition) is 4. The molecule has 0 aliphatic heterocycles. The summed E-state index contributed by atoms with van der Waals surface area (Å²) < 4.78 is 38.8. The van der Waals surface area contributed by atoms with E-state index in [9.17, 15) is 8.42 Å². The van der Waals surface area contributed by atoms with Crippen LogP contribution in [0.1, 0.15) is 25.0 Å². The third-order valence-electron chi connectivity index (χ3n) is 3.88. The summed E-state index contributed by atoms with van der Waals surface area (Å²) in [7, 11) is -0.547. The Morgan fingerprint density at radius 1 is 0.958 bits per heavy atom. The molecule has 0 saturated carbocycles. The molecule has 0 radical (unpaired) electrons. The van der Waals surface area contributed by atoms with Crippen molar-refractivity contribution in [2.75, 3.05) is 14.2 Å². The summed E-state index contributed by atoms with van der Waals surface area (Å²) in [5, 5.41) is 0. The highest BCUT2D eigenvalue weighted by atomic mass is 32.2. The normalized spacial score (nSPS) is 12.0. The highest BCUT2D eigenvalue weighted by Crippen LogP contribution is 2.33. The van der Waals surface area contributed by atoms with Crippen LogP contribution in [0.15, 0.2) is 47.4 Å². The van der Waals surface area contributed by atoms with Crippen molar-refractivity contribution in [2.24, 2.45) is 0 Å². The first-order valence-corrected chi connectivity index (χ1v) is 9.01. The van der Waals surface area contributed by atoms with Gasteiger partial charge in [-0.2, -0.15) is 0 Å². The van der Waals surface area contributed by atoms with Crippen LogP contribution in [0.3, 0.4) is 0 Å². The average Bonchev–Trinajstić information content (AvgIpc) is 2.53. The summed E-state index contributed by atoms with van der Waals surface area (Å²) in [6, 6.07) is 12.3. The van der Waals surface area contributed by atoms with Crippen LogP contribution in [0.25, 0.3) is 0 Å². The van der Waals surface area contributed by atoms with Gasteiger partial charge in [-0.1, -0.05) is 24.3 Å². The molecule has 1 N–H and O–H groups in total. The predicted octanol–water partition coefficient (Wildman–Crippen LogP) is 3.23. The minimum Gasteiger partial charge on any atom is -0.493 e. The molecule has 0 unspecified atom stereocenters. The van der Waals surface area contributed by atoms with Crippen molar-refractivity contribution >= 4 is 10.0 Å². The number of ether oxygens (including phenoxy) is 2. The number of hydrogen-bond donors (Lipinski definition) is 1. The average molecular weight is 349 g/mol. The van der Waals surface area contributed by atoms with Crippen molar-refractivity contribution in [3.05, 3.63) is 53.6 Å². The molecule has 6 heteroatoms. The molecule has 0 heterocycles.